The number of ether oxygens (including phenoxy) is 2. The number of hydrogen-bond donors (Lipinski definition) is 1. The Balaban J connectivity index is 2.94. The fraction of sp³-hybridized carbons (Fsp3) is 0.571. The molecule has 0 saturated carbocycles. The van der Waals surface area contributed by atoms with Crippen LogP contribution in [-0.4, -0.2) is 19.3 Å². The predicted molar refractivity (Wildman–Crippen MR) is 78.5 cm³/mol. The summed E-state index contributed by atoms with van der Waals surface area (Å²) in [5.74, 6) is 1.60. The lowest BCUT2D eigenvalue weighted by atomic mass is 10.2. The average molecular weight is 316 g/mol. The Bertz CT molecular complexity index is 380. The molecule has 0 heterocycles. The maximum absolute atomic E-state index is 5.62. The second-order valence-corrected chi connectivity index (χ2v) is 5.15. The maximum Gasteiger partial charge on any atom is 0.162 e. The second kappa shape index (κ2) is 7.64. The fourth-order valence-electron chi connectivity index (χ4n) is 1.56. The summed E-state index contributed by atoms with van der Waals surface area (Å²) in [4.78, 5) is 0. The van der Waals surface area contributed by atoms with E-state index in [9.17, 15) is 0 Å². The van der Waals surface area contributed by atoms with E-state index in [1.54, 1.807) is 0 Å². The first kappa shape index (κ1) is 15.3. The molecule has 0 bridgehead atoms. The van der Waals surface area contributed by atoms with Gasteiger partial charge in [-0.2, -0.15) is 0 Å². The highest BCUT2D eigenvalue weighted by Crippen LogP contribution is 2.33. The van der Waals surface area contributed by atoms with Gasteiger partial charge in [-0.15, -0.1) is 0 Å². The summed E-state index contributed by atoms with van der Waals surface area (Å²) >= 11 is 3.58. The Labute approximate surface area is 118 Å². The zero-order valence-corrected chi connectivity index (χ0v) is 13.1. The number of benzene rings is 1. The third kappa shape index (κ3) is 4.50. The molecule has 102 valence electrons. The van der Waals surface area contributed by atoms with Crippen LogP contribution in [0.4, 0.5) is 0 Å². The highest BCUT2D eigenvalue weighted by atomic mass is 79.9. The van der Waals surface area contributed by atoms with Gasteiger partial charge in [0.1, 0.15) is 0 Å². The van der Waals surface area contributed by atoms with Crippen molar-refractivity contribution < 1.29 is 9.47 Å². The minimum atomic E-state index is 0.457. The summed E-state index contributed by atoms with van der Waals surface area (Å²) in [5.41, 5.74) is 1.18. The molecule has 0 aliphatic rings. The van der Waals surface area contributed by atoms with Gasteiger partial charge in [-0.25, -0.2) is 0 Å². The smallest absolute Gasteiger partial charge is 0.162 e. The summed E-state index contributed by atoms with van der Waals surface area (Å²) in [6, 6.07) is 4.47. The topological polar surface area (TPSA) is 30.5 Å². The molecule has 0 amide bonds. The lowest BCUT2D eigenvalue weighted by Crippen LogP contribution is -2.22. The van der Waals surface area contributed by atoms with Crippen LogP contribution in [0.3, 0.4) is 0 Å². The summed E-state index contributed by atoms with van der Waals surface area (Å²) in [6.07, 6.45) is 0. The predicted octanol–water partition coefficient (Wildman–Crippen LogP) is 3.74. The highest BCUT2D eigenvalue weighted by molar-refractivity contribution is 9.10. The van der Waals surface area contributed by atoms with Gasteiger partial charge in [0, 0.05) is 17.1 Å². The molecule has 0 fully saturated rings. The van der Waals surface area contributed by atoms with Crippen molar-refractivity contribution >= 4 is 15.9 Å². The molecule has 4 heteroatoms. The normalized spacial score (nSPS) is 10.8. The molecule has 0 aliphatic carbocycles. The molecule has 0 radical (unpaired) electrons. The van der Waals surface area contributed by atoms with Crippen molar-refractivity contribution in [2.75, 3.05) is 13.2 Å². The van der Waals surface area contributed by atoms with E-state index in [1.807, 2.05) is 26.0 Å². The van der Waals surface area contributed by atoms with E-state index in [0.717, 1.165) is 22.5 Å². The molecule has 0 atom stereocenters. The molecular weight excluding hydrogens is 294 g/mol. The van der Waals surface area contributed by atoms with Gasteiger partial charge >= 0.3 is 0 Å². The van der Waals surface area contributed by atoms with E-state index in [1.165, 1.54) is 5.56 Å². The Morgan fingerprint density at radius 1 is 1.11 bits per heavy atom. The van der Waals surface area contributed by atoms with Crippen molar-refractivity contribution in [1.82, 2.24) is 5.32 Å². The largest absolute Gasteiger partial charge is 0.490 e. The van der Waals surface area contributed by atoms with E-state index >= 15 is 0 Å². The lowest BCUT2D eigenvalue weighted by Gasteiger charge is -2.15. The molecule has 1 aromatic carbocycles. The minimum Gasteiger partial charge on any atom is -0.490 e. The fourth-order valence-corrected chi connectivity index (χ4v) is 2.03. The highest BCUT2D eigenvalue weighted by Gasteiger charge is 2.10. The lowest BCUT2D eigenvalue weighted by molar-refractivity contribution is 0.287. The second-order valence-electron chi connectivity index (χ2n) is 4.29. The van der Waals surface area contributed by atoms with Crippen LogP contribution in [0.25, 0.3) is 0 Å². The van der Waals surface area contributed by atoms with Gasteiger partial charge in [0.25, 0.3) is 0 Å². The molecule has 0 spiro atoms. The van der Waals surface area contributed by atoms with Gasteiger partial charge in [0.15, 0.2) is 11.5 Å². The maximum atomic E-state index is 5.62. The van der Waals surface area contributed by atoms with Crippen molar-refractivity contribution in [3.8, 4) is 11.5 Å². The third-order valence-electron chi connectivity index (χ3n) is 2.41. The number of halogens is 1. The number of nitrogens with one attached hydrogen (secondary N) is 1. The van der Waals surface area contributed by atoms with E-state index in [2.05, 4.69) is 35.1 Å². The summed E-state index contributed by atoms with van der Waals surface area (Å²) in [6.45, 7) is 10.3. The molecule has 1 rings (SSSR count). The first-order chi connectivity index (χ1) is 8.58. The van der Waals surface area contributed by atoms with Gasteiger partial charge in [0.2, 0.25) is 0 Å². The van der Waals surface area contributed by atoms with Gasteiger partial charge in [0.05, 0.1) is 13.2 Å². The molecule has 18 heavy (non-hydrogen) atoms. The minimum absolute atomic E-state index is 0.457. The standard InChI is InChI=1S/C14H22BrNO2/c1-5-17-13-7-11(9-16-10(3)4)12(15)8-14(13)18-6-2/h7-8,10,16H,5-6,9H2,1-4H3. The summed E-state index contributed by atoms with van der Waals surface area (Å²) in [5, 5.41) is 3.40. The van der Waals surface area contributed by atoms with Crippen LogP contribution < -0.4 is 14.8 Å². The van der Waals surface area contributed by atoms with Crippen LogP contribution in [-0.2, 0) is 6.54 Å². The molecule has 1 N–H and O–H groups in total. The van der Waals surface area contributed by atoms with Crippen molar-refractivity contribution in [2.24, 2.45) is 0 Å². The summed E-state index contributed by atoms with van der Waals surface area (Å²) in [7, 11) is 0. The van der Waals surface area contributed by atoms with E-state index in [0.29, 0.717) is 19.3 Å². The van der Waals surface area contributed by atoms with E-state index in [-0.39, 0.29) is 0 Å². The molecule has 0 aromatic heterocycles. The monoisotopic (exact) mass is 315 g/mol. The molecule has 0 saturated heterocycles. The Morgan fingerprint density at radius 3 is 2.17 bits per heavy atom. The van der Waals surface area contributed by atoms with E-state index < -0.39 is 0 Å². The Kier molecular flexibility index (Phi) is 6.50. The third-order valence-corrected chi connectivity index (χ3v) is 3.15. The first-order valence-electron chi connectivity index (χ1n) is 6.39. The zero-order chi connectivity index (χ0) is 13.5. The molecule has 3 nitrogen and oxygen atoms in total. The van der Waals surface area contributed by atoms with Crippen LogP contribution in [0.15, 0.2) is 16.6 Å². The van der Waals surface area contributed by atoms with Crippen LogP contribution in [0.1, 0.15) is 33.3 Å². The van der Waals surface area contributed by atoms with Crippen LogP contribution in [0.2, 0.25) is 0 Å². The SMILES string of the molecule is CCOc1cc(Br)c(CNC(C)C)cc1OCC. The number of hydrogen-bond acceptors (Lipinski definition) is 3. The van der Waals surface area contributed by atoms with Crippen LogP contribution >= 0.6 is 15.9 Å². The van der Waals surface area contributed by atoms with Crippen LogP contribution in [0, 0.1) is 0 Å². The van der Waals surface area contributed by atoms with Gasteiger partial charge < -0.3 is 14.8 Å². The Morgan fingerprint density at radius 2 is 1.67 bits per heavy atom. The summed E-state index contributed by atoms with van der Waals surface area (Å²) < 4.78 is 12.2. The van der Waals surface area contributed by atoms with Crippen molar-refractivity contribution in [3.63, 3.8) is 0 Å². The van der Waals surface area contributed by atoms with E-state index in [4.69, 9.17) is 9.47 Å². The molecule has 0 aliphatic heterocycles. The number of rotatable bonds is 7. The molecular formula is C14H22BrNO2. The van der Waals surface area contributed by atoms with Gasteiger partial charge in [-0.3, -0.25) is 0 Å². The van der Waals surface area contributed by atoms with Gasteiger partial charge in [-0.05, 0) is 31.5 Å². The average Bonchev–Trinajstić information content (AvgIpc) is 2.31. The molecule has 0 unspecified atom stereocenters. The van der Waals surface area contributed by atoms with Crippen LogP contribution in [0.5, 0.6) is 11.5 Å². The Hall–Kier alpha value is -0.740. The van der Waals surface area contributed by atoms with Gasteiger partial charge in [-0.1, -0.05) is 29.8 Å². The quantitative estimate of drug-likeness (QED) is 0.831. The first-order valence-corrected chi connectivity index (χ1v) is 7.19. The van der Waals surface area contributed by atoms with Crippen molar-refractivity contribution in [2.45, 2.75) is 40.3 Å². The van der Waals surface area contributed by atoms with Crippen molar-refractivity contribution in [3.05, 3.63) is 22.2 Å². The van der Waals surface area contributed by atoms with Crippen molar-refractivity contribution in [1.29, 1.82) is 0 Å². The zero-order valence-electron chi connectivity index (χ0n) is 11.5. The molecule has 1 aromatic rings.